The van der Waals surface area contributed by atoms with Crippen LogP contribution < -0.4 is 0 Å². The molecule has 0 radical (unpaired) electrons. The van der Waals surface area contributed by atoms with Gasteiger partial charge in [-0.25, -0.2) is 0 Å². The second-order valence-electron chi connectivity index (χ2n) is 4.31. The van der Waals surface area contributed by atoms with Gasteiger partial charge in [-0.15, -0.1) is 0 Å². The zero-order chi connectivity index (χ0) is 10.5. The lowest BCUT2D eigenvalue weighted by Gasteiger charge is -2.35. The molecule has 0 unspecified atom stereocenters. The molecule has 0 atom stereocenters. The maximum Gasteiger partial charge on any atom is 0.146 e. The predicted octanol–water partition coefficient (Wildman–Crippen LogP) is 1.83. The summed E-state index contributed by atoms with van der Waals surface area (Å²) in [7, 11) is 3.20. The minimum Gasteiger partial charge on any atom is -0.357 e. The maximum atomic E-state index is 5.54. The first-order valence-corrected chi connectivity index (χ1v) is 6.79. The average Bonchev–Trinajstić information content (AvgIpc) is 2.06. The Kier molecular flexibility index (Phi) is 5.84. The van der Waals surface area contributed by atoms with E-state index in [2.05, 4.69) is 27.7 Å². The van der Waals surface area contributed by atoms with Crippen molar-refractivity contribution < 1.29 is 9.47 Å². The van der Waals surface area contributed by atoms with E-state index < -0.39 is 0 Å². The summed E-state index contributed by atoms with van der Waals surface area (Å²) in [6.45, 7) is 8.84. The van der Waals surface area contributed by atoms with Gasteiger partial charge in [-0.3, -0.25) is 0 Å². The second kappa shape index (κ2) is 5.78. The van der Waals surface area contributed by atoms with Crippen molar-refractivity contribution in [1.29, 1.82) is 0 Å². The Morgan fingerprint density at radius 2 is 1.54 bits per heavy atom. The van der Waals surface area contributed by atoms with E-state index in [1.165, 1.54) is 6.04 Å². The molecule has 0 rings (SSSR count). The summed E-state index contributed by atoms with van der Waals surface area (Å²) < 4.78 is 11.1. The summed E-state index contributed by atoms with van der Waals surface area (Å²) >= 11 is 0. The van der Waals surface area contributed by atoms with Gasteiger partial charge in [0.05, 0.1) is 9.52 Å². The average molecular weight is 204 g/mol. The first kappa shape index (κ1) is 13.1. The molecule has 80 valence electrons. The van der Waals surface area contributed by atoms with E-state index in [1.54, 1.807) is 14.2 Å². The summed E-state index contributed by atoms with van der Waals surface area (Å²) in [6.07, 6.45) is 0. The zero-order valence-corrected chi connectivity index (χ0v) is 11.3. The van der Waals surface area contributed by atoms with E-state index in [4.69, 9.17) is 9.47 Å². The fraction of sp³-hybridized carbons (Fsp3) is 1.00. The van der Waals surface area contributed by atoms with Crippen LogP contribution in [0.2, 0.25) is 6.04 Å². The van der Waals surface area contributed by atoms with Gasteiger partial charge in [-0.05, 0) is 5.92 Å². The van der Waals surface area contributed by atoms with Crippen LogP contribution in [0.5, 0.6) is 0 Å². The SMILES string of the molecule is COC(OC)([SiH2]CC(C)C)C(C)C. The summed E-state index contributed by atoms with van der Waals surface area (Å²) in [6, 6.07) is 1.28. The highest BCUT2D eigenvalue weighted by Crippen LogP contribution is 2.23. The van der Waals surface area contributed by atoms with Gasteiger partial charge in [-0.2, -0.15) is 0 Å². The Morgan fingerprint density at radius 3 is 1.77 bits per heavy atom. The molecule has 3 heteroatoms. The summed E-state index contributed by atoms with van der Waals surface area (Å²) in [5.74, 6) is 1.21. The molecule has 0 aromatic heterocycles. The smallest absolute Gasteiger partial charge is 0.146 e. The Labute approximate surface area is 84.8 Å². The van der Waals surface area contributed by atoms with Gasteiger partial charge in [0.2, 0.25) is 0 Å². The third-order valence-electron chi connectivity index (χ3n) is 2.64. The monoisotopic (exact) mass is 204 g/mol. The first-order valence-electron chi connectivity index (χ1n) is 5.08. The number of methoxy groups -OCH3 is 2. The quantitative estimate of drug-likeness (QED) is 0.485. The largest absolute Gasteiger partial charge is 0.357 e. The first-order chi connectivity index (χ1) is 5.98. The van der Waals surface area contributed by atoms with Gasteiger partial charge in [-0.1, -0.05) is 33.7 Å². The van der Waals surface area contributed by atoms with Gasteiger partial charge in [0.1, 0.15) is 5.41 Å². The lowest BCUT2D eigenvalue weighted by atomic mass is 10.2. The highest BCUT2D eigenvalue weighted by atomic mass is 28.2. The Bertz CT molecular complexity index is 131. The molecular formula is C10H24O2Si. The Morgan fingerprint density at radius 1 is 1.08 bits per heavy atom. The molecule has 0 N–H and O–H groups in total. The van der Waals surface area contributed by atoms with Crippen LogP contribution in [0.15, 0.2) is 0 Å². The summed E-state index contributed by atoms with van der Waals surface area (Å²) in [5, 5.41) is 0. The molecule has 0 aliphatic carbocycles. The number of hydrogen-bond acceptors (Lipinski definition) is 2. The molecule has 0 aliphatic heterocycles. The van der Waals surface area contributed by atoms with Crippen molar-refractivity contribution in [3.63, 3.8) is 0 Å². The molecule has 0 bridgehead atoms. The minimum absolute atomic E-state index is 0.246. The van der Waals surface area contributed by atoms with E-state index >= 15 is 0 Å². The second-order valence-corrected chi connectivity index (χ2v) is 6.37. The predicted molar refractivity (Wildman–Crippen MR) is 59.8 cm³/mol. The van der Waals surface area contributed by atoms with E-state index in [1.807, 2.05) is 0 Å². The lowest BCUT2D eigenvalue weighted by Crippen LogP contribution is -2.45. The molecule has 0 saturated heterocycles. The normalized spacial score (nSPS) is 13.8. The third kappa shape index (κ3) is 3.79. The Balaban J connectivity index is 4.22. The fourth-order valence-corrected chi connectivity index (χ4v) is 3.50. The van der Waals surface area contributed by atoms with E-state index in [0.29, 0.717) is 5.92 Å². The van der Waals surface area contributed by atoms with Crippen molar-refractivity contribution in [1.82, 2.24) is 0 Å². The number of ether oxygens (including phenoxy) is 2. The van der Waals surface area contributed by atoms with Gasteiger partial charge in [0, 0.05) is 20.1 Å². The molecule has 0 fully saturated rings. The molecule has 0 saturated carbocycles. The van der Waals surface area contributed by atoms with Crippen LogP contribution >= 0.6 is 0 Å². The molecule has 13 heavy (non-hydrogen) atoms. The standard InChI is InChI=1S/C10H24O2Si/c1-8(2)7-13-10(11-5,12-6)9(3)4/h8-9H,7,13H2,1-6H3. The highest BCUT2D eigenvalue weighted by Gasteiger charge is 2.33. The molecule has 0 aromatic carbocycles. The van der Waals surface area contributed by atoms with Crippen molar-refractivity contribution in [3.05, 3.63) is 0 Å². The van der Waals surface area contributed by atoms with Crippen LogP contribution in [-0.4, -0.2) is 29.1 Å². The number of rotatable bonds is 6. The minimum atomic E-state index is -0.321. The summed E-state index contributed by atoms with van der Waals surface area (Å²) in [5.41, 5.74) is -0.246. The lowest BCUT2D eigenvalue weighted by molar-refractivity contribution is -0.172. The van der Waals surface area contributed by atoms with Crippen molar-refractivity contribution >= 4 is 9.52 Å². The third-order valence-corrected chi connectivity index (χ3v) is 6.17. The van der Waals surface area contributed by atoms with Crippen LogP contribution in [0, 0.1) is 11.8 Å². The van der Waals surface area contributed by atoms with Crippen molar-refractivity contribution in [3.8, 4) is 0 Å². The number of hydrogen-bond donors (Lipinski definition) is 0. The molecule has 2 nitrogen and oxygen atoms in total. The van der Waals surface area contributed by atoms with Crippen LogP contribution in [0.3, 0.4) is 0 Å². The van der Waals surface area contributed by atoms with Crippen LogP contribution in [0.4, 0.5) is 0 Å². The van der Waals surface area contributed by atoms with Gasteiger partial charge in [0.15, 0.2) is 0 Å². The van der Waals surface area contributed by atoms with E-state index in [-0.39, 0.29) is 14.9 Å². The summed E-state index contributed by atoms with van der Waals surface area (Å²) in [4.78, 5) is 0. The zero-order valence-electron chi connectivity index (χ0n) is 9.89. The molecule has 0 amide bonds. The van der Waals surface area contributed by atoms with E-state index in [0.717, 1.165) is 5.92 Å². The van der Waals surface area contributed by atoms with Gasteiger partial charge < -0.3 is 9.47 Å². The van der Waals surface area contributed by atoms with Crippen LogP contribution in [-0.2, 0) is 9.47 Å². The Hall–Kier alpha value is 0.137. The van der Waals surface area contributed by atoms with Gasteiger partial charge in [0.25, 0.3) is 0 Å². The molecular weight excluding hydrogens is 180 g/mol. The highest BCUT2D eigenvalue weighted by molar-refractivity contribution is 6.39. The fourth-order valence-electron chi connectivity index (χ4n) is 1.54. The van der Waals surface area contributed by atoms with Crippen molar-refractivity contribution in [2.24, 2.45) is 11.8 Å². The topological polar surface area (TPSA) is 18.5 Å². The van der Waals surface area contributed by atoms with E-state index in [9.17, 15) is 0 Å². The van der Waals surface area contributed by atoms with Crippen LogP contribution in [0.25, 0.3) is 0 Å². The molecule has 0 spiro atoms. The van der Waals surface area contributed by atoms with Crippen molar-refractivity contribution in [2.75, 3.05) is 14.2 Å². The molecule has 0 heterocycles. The molecule has 0 aromatic rings. The molecule has 0 aliphatic rings. The maximum absolute atomic E-state index is 5.54. The van der Waals surface area contributed by atoms with Crippen molar-refractivity contribution in [2.45, 2.75) is 39.1 Å². The van der Waals surface area contributed by atoms with Gasteiger partial charge >= 0.3 is 0 Å². The van der Waals surface area contributed by atoms with Crippen LogP contribution in [0.1, 0.15) is 27.7 Å².